The van der Waals surface area contributed by atoms with Crippen LogP contribution in [0.25, 0.3) is 0 Å². The number of halogens is 1. The first-order valence-corrected chi connectivity index (χ1v) is 20.1. The molecule has 0 aromatic carbocycles. The summed E-state index contributed by atoms with van der Waals surface area (Å²) in [4.78, 5) is 55.8. The van der Waals surface area contributed by atoms with Gasteiger partial charge in [0.2, 0.25) is 11.8 Å². The maximum absolute atomic E-state index is 14.5. The summed E-state index contributed by atoms with van der Waals surface area (Å²) in [6, 6.07) is -2.09. The van der Waals surface area contributed by atoms with E-state index in [2.05, 4.69) is 26.8 Å². The van der Waals surface area contributed by atoms with Crippen molar-refractivity contribution in [2.24, 2.45) is 11.8 Å². The normalized spacial score (nSPS) is 40.4. The summed E-state index contributed by atoms with van der Waals surface area (Å²) in [5.74, 6) is -0.993. The fourth-order valence-corrected chi connectivity index (χ4v) is 10.1. The number of nitrogens with zero attached hydrogens (tertiary/aromatic N) is 2. The Hall–Kier alpha value is -2.14. The number of carbonyl (C=O) groups excluding carboxylic acids is 3. The lowest BCUT2D eigenvalue weighted by molar-refractivity contribution is -0.145. The summed E-state index contributed by atoms with van der Waals surface area (Å²) < 4.78 is 11.2. The van der Waals surface area contributed by atoms with Crippen LogP contribution >= 0.6 is 23.4 Å². The van der Waals surface area contributed by atoms with Crippen LogP contribution in [0.1, 0.15) is 85.0 Å². The molecule has 0 radical (unpaired) electrons. The van der Waals surface area contributed by atoms with Gasteiger partial charge in [0, 0.05) is 37.9 Å². The van der Waals surface area contributed by atoms with E-state index in [0.717, 1.165) is 50.8 Å². The Labute approximate surface area is 310 Å². The van der Waals surface area contributed by atoms with E-state index in [9.17, 15) is 24.3 Å². The van der Waals surface area contributed by atoms with Crippen molar-refractivity contribution in [2.75, 3.05) is 26.0 Å². The second-order valence-corrected chi connectivity index (χ2v) is 17.8. The molecule has 4 aliphatic heterocycles. The highest BCUT2D eigenvalue weighted by Crippen LogP contribution is 2.45. The second kappa shape index (κ2) is 16.1. The smallest absolute Gasteiger partial charge is 0.408 e. The van der Waals surface area contributed by atoms with Crippen molar-refractivity contribution in [3.8, 4) is 0 Å². The third kappa shape index (κ3) is 8.81. The number of rotatable bonds is 6. The highest BCUT2D eigenvalue weighted by atomic mass is 35.5. The molecule has 0 bridgehead atoms. The van der Waals surface area contributed by atoms with Crippen LogP contribution in [0, 0.1) is 11.8 Å². The van der Waals surface area contributed by atoms with Gasteiger partial charge >= 0.3 is 12.1 Å². The number of allylic oxidation sites excluding steroid dienone is 1. The molecule has 3 amide bonds. The minimum absolute atomic E-state index is 0.0198. The minimum Gasteiger partial charge on any atom is -0.479 e. The topological polar surface area (TPSA) is 174 Å². The quantitative estimate of drug-likeness (QED) is 0.173. The van der Waals surface area contributed by atoms with Crippen molar-refractivity contribution >= 4 is 47.2 Å². The predicted octanol–water partition coefficient (Wildman–Crippen LogP) is 2.48. The number of carboxylic acids is 1. The second-order valence-electron chi connectivity index (χ2n) is 16.0. The number of ether oxygens (including phenoxy) is 2. The number of hydrazine groups is 2. The summed E-state index contributed by atoms with van der Waals surface area (Å²) in [5, 5.41) is 21.6. The van der Waals surface area contributed by atoms with E-state index < -0.39 is 41.2 Å². The summed E-state index contributed by atoms with van der Waals surface area (Å²) in [6.07, 6.45) is 9.93. The number of alkyl carbamates (subject to hydrolysis) is 1. The Bertz CT molecular complexity index is 1330. The predicted molar refractivity (Wildman–Crippen MR) is 194 cm³/mol. The zero-order valence-electron chi connectivity index (χ0n) is 30.2. The van der Waals surface area contributed by atoms with Gasteiger partial charge in [-0.2, -0.15) is 5.12 Å². The van der Waals surface area contributed by atoms with Gasteiger partial charge in [-0.25, -0.2) is 20.4 Å². The van der Waals surface area contributed by atoms with E-state index in [1.165, 1.54) is 4.90 Å². The Balaban J connectivity index is 1.26. The third-order valence-corrected chi connectivity index (χ3v) is 13.0. The van der Waals surface area contributed by atoms with Crippen molar-refractivity contribution in [1.82, 2.24) is 36.8 Å². The molecule has 51 heavy (non-hydrogen) atoms. The first kappa shape index (κ1) is 38.6. The van der Waals surface area contributed by atoms with Crippen LogP contribution in [-0.2, 0) is 23.9 Å². The third-order valence-electron chi connectivity index (χ3n) is 11.3. The van der Waals surface area contributed by atoms with Crippen LogP contribution in [0.3, 0.4) is 0 Å². The number of nitrogens with one attached hydrogen (secondary N) is 5. The molecule has 286 valence electrons. The van der Waals surface area contributed by atoms with Crippen molar-refractivity contribution < 1.29 is 33.8 Å². The van der Waals surface area contributed by atoms with E-state index in [-0.39, 0.29) is 65.7 Å². The first-order valence-electron chi connectivity index (χ1n) is 18.6. The van der Waals surface area contributed by atoms with Crippen molar-refractivity contribution in [3.05, 3.63) is 12.2 Å². The van der Waals surface area contributed by atoms with Crippen molar-refractivity contribution in [1.29, 1.82) is 0 Å². The molecule has 14 nitrogen and oxygen atoms in total. The minimum atomic E-state index is -1.40. The molecule has 0 aromatic rings. The number of aliphatic carboxylic acids is 1. The number of fused-ring (bicyclic) bond motifs is 2. The van der Waals surface area contributed by atoms with Crippen LogP contribution < -0.4 is 26.8 Å². The van der Waals surface area contributed by atoms with Gasteiger partial charge in [-0.15, -0.1) is 23.4 Å². The van der Waals surface area contributed by atoms with E-state index in [4.69, 9.17) is 21.1 Å². The SMILES string of the molecule is COC1CCC(C2NN([C@H]3C[C@H]4C(=O)N[C@@]5(C(=O)O)C[C@H]5/C=C\CCCCC[C@@H](NC(=O)OC(C)(C)C)C(=O)N4C3)NC2C2NCCS2)CC1Cl. The molecule has 0 spiro atoms. The van der Waals surface area contributed by atoms with Crippen molar-refractivity contribution in [2.45, 2.75) is 143 Å². The Kier molecular flexibility index (Phi) is 12.2. The summed E-state index contributed by atoms with van der Waals surface area (Å²) in [5.41, 5.74) is 5.29. The molecule has 4 heterocycles. The molecule has 16 heteroatoms. The largest absolute Gasteiger partial charge is 0.479 e. The summed E-state index contributed by atoms with van der Waals surface area (Å²) in [7, 11) is 1.71. The number of alkyl halides is 1. The fourth-order valence-electron chi connectivity index (χ4n) is 8.49. The maximum atomic E-state index is 14.5. The molecule has 6 rings (SSSR count). The number of carbonyl (C=O) groups is 4. The molecule has 3 saturated heterocycles. The highest BCUT2D eigenvalue weighted by molar-refractivity contribution is 8.00. The lowest BCUT2D eigenvalue weighted by atomic mass is 9.80. The van der Waals surface area contributed by atoms with Gasteiger partial charge in [0.25, 0.3) is 0 Å². The average molecular weight is 754 g/mol. The van der Waals surface area contributed by atoms with Gasteiger partial charge in [0.05, 0.1) is 28.9 Å². The molecule has 6 N–H and O–H groups in total. The number of amides is 3. The Morgan fingerprint density at radius 1 is 1.10 bits per heavy atom. The molecule has 11 atom stereocenters. The van der Waals surface area contributed by atoms with Gasteiger partial charge in [-0.3, -0.25) is 9.59 Å². The van der Waals surface area contributed by atoms with Crippen LogP contribution in [0.5, 0.6) is 0 Å². The lowest BCUT2D eigenvalue weighted by Gasteiger charge is -2.37. The van der Waals surface area contributed by atoms with Gasteiger partial charge in [-0.1, -0.05) is 25.0 Å². The van der Waals surface area contributed by atoms with Crippen LogP contribution in [0.2, 0.25) is 0 Å². The van der Waals surface area contributed by atoms with E-state index in [0.29, 0.717) is 19.3 Å². The summed E-state index contributed by atoms with van der Waals surface area (Å²) >= 11 is 8.68. The zero-order chi connectivity index (χ0) is 36.5. The average Bonchev–Trinajstić information content (AvgIpc) is 3.52. The summed E-state index contributed by atoms with van der Waals surface area (Å²) in [6.45, 7) is 6.40. The number of hydrogen-bond acceptors (Lipinski definition) is 11. The van der Waals surface area contributed by atoms with E-state index in [1.807, 2.05) is 29.0 Å². The Morgan fingerprint density at radius 2 is 1.88 bits per heavy atom. The van der Waals surface area contributed by atoms with Crippen LogP contribution in [-0.4, -0.2) is 123 Å². The molecule has 0 aromatic heterocycles. The van der Waals surface area contributed by atoms with E-state index >= 15 is 0 Å². The van der Waals surface area contributed by atoms with E-state index in [1.54, 1.807) is 27.9 Å². The van der Waals surface area contributed by atoms with Crippen LogP contribution in [0.4, 0.5) is 4.79 Å². The van der Waals surface area contributed by atoms with Gasteiger partial charge in [0.15, 0.2) is 0 Å². The van der Waals surface area contributed by atoms with Gasteiger partial charge in [-0.05, 0) is 78.1 Å². The molecule has 2 saturated carbocycles. The zero-order valence-corrected chi connectivity index (χ0v) is 31.8. The fraction of sp³-hybridized carbons (Fsp3) is 0.829. The van der Waals surface area contributed by atoms with Crippen molar-refractivity contribution in [3.63, 3.8) is 0 Å². The Morgan fingerprint density at radius 3 is 2.57 bits per heavy atom. The van der Waals surface area contributed by atoms with Gasteiger partial charge in [0.1, 0.15) is 23.2 Å². The lowest BCUT2D eigenvalue weighted by Crippen LogP contribution is -2.56. The number of hydrogen-bond donors (Lipinski definition) is 6. The number of carboxylic acid groups (broad SMARTS) is 1. The maximum Gasteiger partial charge on any atom is 0.408 e. The molecule has 5 fully saturated rings. The molecule has 6 aliphatic rings. The number of methoxy groups -OCH3 is 1. The number of thioether (sulfide) groups is 1. The monoisotopic (exact) mass is 753 g/mol. The first-order chi connectivity index (χ1) is 24.3. The molecular formula is C35H56ClN7O7S. The molecular weight excluding hydrogens is 698 g/mol. The standard InChI is InChI=1S/C35H56ClN7O7S/c1-34(2,3)50-33(48)38-24-11-9-7-5-6-8-10-21-18-35(21,32(46)47)39-29(44)25-17-22(19-42(25)31(24)45)43-40-27(28(41-43)30-37-14-15-51-30)20-12-13-26(49-4)23(36)16-20/h8,10,20-28,30,37,40-41H,5-7,9,11-19H2,1-4H3,(H,38,48)(H,39,44)(H,46,47)/b10-8-/t20?,21-,22+,23?,24-,25+,26?,27?,28?,30?,35+/m1/s1. The van der Waals surface area contributed by atoms with Gasteiger partial charge < -0.3 is 35.4 Å². The van der Waals surface area contributed by atoms with Crippen LogP contribution in [0.15, 0.2) is 12.2 Å². The molecule has 2 aliphatic carbocycles. The molecule has 6 unspecified atom stereocenters. The highest BCUT2D eigenvalue weighted by Gasteiger charge is 2.62.